The molecule has 1 N–H and O–H groups in total. The molecule has 0 fully saturated rings. The van der Waals surface area contributed by atoms with Crippen LogP contribution in [-0.2, 0) is 13.2 Å². The first-order chi connectivity index (χ1) is 10.2. The molecule has 1 aromatic heterocycles. The third-order valence-corrected chi connectivity index (χ3v) is 3.70. The van der Waals surface area contributed by atoms with Gasteiger partial charge in [-0.15, -0.1) is 0 Å². The van der Waals surface area contributed by atoms with Crippen LogP contribution in [0.2, 0.25) is 5.02 Å². The van der Waals surface area contributed by atoms with E-state index >= 15 is 0 Å². The van der Waals surface area contributed by atoms with E-state index in [0.717, 1.165) is 28.2 Å². The predicted octanol–water partition coefficient (Wildman–Crippen LogP) is 4.60. The summed E-state index contributed by atoms with van der Waals surface area (Å²) in [7, 11) is 0. The second-order valence-corrected chi connectivity index (χ2v) is 5.31. The minimum Gasteiger partial charge on any atom is -0.508 e. The van der Waals surface area contributed by atoms with Gasteiger partial charge in [0.05, 0.1) is 5.69 Å². The van der Waals surface area contributed by atoms with Crippen LogP contribution in [0.5, 0.6) is 11.5 Å². The van der Waals surface area contributed by atoms with Gasteiger partial charge in [0.2, 0.25) is 0 Å². The topological polar surface area (TPSA) is 34.4 Å². The third kappa shape index (κ3) is 2.83. The van der Waals surface area contributed by atoms with Gasteiger partial charge in [-0.1, -0.05) is 17.7 Å². The van der Waals surface area contributed by atoms with E-state index in [4.69, 9.17) is 16.3 Å². The first kappa shape index (κ1) is 13.8. The van der Waals surface area contributed by atoms with Crippen LogP contribution in [0.3, 0.4) is 0 Å². The van der Waals surface area contributed by atoms with Crippen LogP contribution in [0.1, 0.15) is 12.6 Å². The van der Waals surface area contributed by atoms with Gasteiger partial charge in [-0.2, -0.15) is 0 Å². The lowest BCUT2D eigenvalue weighted by Gasteiger charge is -2.10. The Morgan fingerprint density at radius 2 is 2.00 bits per heavy atom. The van der Waals surface area contributed by atoms with Crippen molar-refractivity contribution >= 4 is 22.5 Å². The largest absolute Gasteiger partial charge is 0.508 e. The highest BCUT2D eigenvalue weighted by Crippen LogP contribution is 2.25. The van der Waals surface area contributed by atoms with Crippen molar-refractivity contribution < 1.29 is 9.84 Å². The monoisotopic (exact) mass is 301 g/mol. The summed E-state index contributed by atoms with van der Waals surface area (Å²) in [6.45, 7) is 3.42. The van der Waals surface area contributed by atoms with Crippen LogP contribution in [-0.4, -0.2) is 9.67 Å². The normalized spacial score (nSPS) is 11.0. The smallest absolute Gasteiger partial charge is 0.128 e. The number of phenols is 1. The van der Waals surface area contributed by atoms with Crippen LogP contribution in [0, 0.1) is 0 Å². The van der Waals surface area contributed by atoms with Gasteiger partial charge < -0.3 is 14.4 Å². The Kier molecular flexibility index (Phi) is 3.76. The first-order valence-corrected chi connectivity index (χ1v) is 7.24. The molecule has 0 amide bonds. The number of phenolic OH excluding ortho intramolecular Hbond substituents is 1. The number of ether oxygens (including phenoxy) is 1. The van der Waals surface area contributed by atoms with Crippen LogP contribution < -0.4 is 4.74 Å². The Morgan fingerprint density at radius 1 is 1.14 bits per heavy atom. The summed E-state index contributed by atoms with van der Waals surface area (Å²) < 4.78 is 7.96. The molecule has 1 heterocycles. The molecule has 0 unspecified atom stereocenters. The zero-order chi connectivity index (χ0) is 14.8. The lowest BCUT2D eigenvalue weighted by molar-refractivity contribution is 0.294. The Balaban J connectivity index is 1.89. The summed E-state index contributed by atoms with van der Waals surface area (Å²) in [5.74, 6) is 0.858. The molecule has 3 aromatic rings. The van der Waals surface area contributed by atoms with Crippen molar-refractivity contribution in [3.8, 4) is 11.5 Å². The lowest BCUT2D eigenvalue weighted by atomic mass is 10.2. The standard InChI is InChI=1S/C17H16ClNO2/c1-2-19-14(9-12-8-13(18)6-7-17(12)19)11-21-16-5-3-4-15(20)10-16/h3-10,20H,2,11H2,1H3. The zero-order valence-corrected chi connectivity index (χ0v) is 12.5. The fraction of sp³-hybridized carbons (Fsp3) is 0.176. The molecule has 0 aliphatic rings. The van der Waals surface area contributed by atoms with Crippen molar-refractivity contribution in [3.63, 3.8) is 0 Å². The van der Waals surface area contributed by atoms with E-state index in [9.17, 15) is 5.11 Å². The van der Waals surface area contributed by atoms with Crippen molar-refractivity contribution in [2.75, 3.05) is 0 Å². The number of benzene rings is 2. The van der Waals surface area contributed by atoms with Gasteiger partial charge in [-0.25, -0.2) is 0 Å². The zero-order valence-electron chi connectivity index (χ0n) is 11.7. The molecule has 0 aliphatic carbocycles. The van der Waals surface area contributed by atoms with E-state index in [1.807, 2.05) is 24.3 Å². The highest BCUT2D eigenvalue weighted by Gasteiger charge is 2.09. The fourth-order valence-corrected chi connectivity index (χ4v) is 2.70. The van der Waals surface area contributed by atoms with E-state index in [0.29, 0.717) is 12.4 Å². The van der Waals surface area contributed by atoms with Crippen LogP contribution in [0.4, 0.5) is 0 Å². The van der Waals surface area contributed by atoms with Gasteiger partial charge in [0.25, 0.3) is 0 Å². The average Bonchev–Trinajstić information content (AvgIpc) is 2.81. The highest BCUT2D eigenvalue weighted by atomic mass is 35.5. The van der Waals surface area contributed by atoms with Crippen molar-refractivity contribution in [2.45, 2.75) is 20.1 Å². The minimum absolute atomic E-state index is 0.204. The fourth-order valence-electron chi connectivity index (χ4n) is 2.52. The van der Waals surface area contributed by atoms with E-state index in [-0.39, 0.29) is 5.75 Å². The third-order valence-electron chi connectivity index (χ3n) is 3.47. The van der Waals surface area contributed by atoms with Gasteiger partial charge in [-0.3, -0.25) is 0 Å². The number of hydrogen-bond acceptors (Lipinski definition) is 2. The number of nitrogens with zero attached hydrogens (tertiary/aromatic N) is 1. The van der Waals surface area contributed by atoms with Gasteiger partial charge in [0.15, 0.2) is 0 Å². The molecule has 2 aromatic carbocycles. The number of fused-ring (bicyclic) bond motifs is 1. The number of aromatic nitrogens is 1. The molecule has 21 heavy (non-hydrogen) atoms. The molecule has 0 saturated carbocycles. The molecule has 4 heteroatoms. The van der Waals surface area contributed by atoms with Crippen LogP contribution in [0.15, 0.2) is 48.5 Å². The van der Waals surface area contributed by atoms with E-state index < -0.39 is 0 Å². The number of hydrogen-bond donors (Lipinski definition) is 1. The average molecular weight is 302 g/mol. The van der Waals surface area contributed by atoms with E-state index in [1.54, 1.807) is 18.2 Å². The molecule has 108 valence electrons. The van der Waals surface area contributed by atoms with Gasteiger partial charge in [0.1, 0.15) is 18.1 Å². The Bertz CT molecular complexity index is 780. The van der Waals surface area contributed by atoms with Gasteiger partial charge in [0, 0.05) is 28.5 Å². The van der Waals surface area contributed by atoms with Crippen molar-refractivity contribution in [1.29, 1.82) is 0 Å². The Labute approximate surface area is 128 Å². The summed E-state index contributed by atoms with van der Waals surface area (Å²) in [4.78, 5) is 0. The second kappa shape index (κ2) is 5.70. The Hall–Kier alpha value is -2.13. The molecule has 0 atom stereocenters. The molecule has 3 rings (SSSR count). The summed E-state index contributed by atoms with van der Waals surface area (Å²) >= 11 is 6.05. The van der Waals surface area contributed by atoms with E-state index in [2.05, 4.69) is 17.6 Å². The summed E-state index contributed by atoms with van der Waals surface area (Å²) in [5, 5.41) is 11.3. The molecule has 0 aliphatic heterocycles. The lowest BCUT2D eigenvalue weighted by Crippen LogP contribution is -2.04. The second-order valence-electron chi connectivity index (χ2n) is 4.87. The summed E-state index contributed by atoms with van der Waals surface area (Å²) in [6.07, 6.45) is 0. The maximum Gasteiger partial charge on any atom is 0.128 e. The summed E-state index contributed by atoms with van der Waals surface area (Å²) in [5.41, 5.74) is 2.23. The number of rotatable bonds is 4. The van der Waals surface area contributed by atoms with Crippen molar-refractivity contribution in [1.82, 2.24) is 4.57 Å². The summed E-state index contributed by atoms with van der Waals surface area (Å²) in [6, 6.07) is 14.8. The Morgan fingerprint density at radius 3 is 2.76 bits per heavy atom. The molecule has 0 spiro atoms. The maximum absolute atomic E-state index is 9.46. The number of aromatic hydroxyl groups is 1. The van der Waals surface area contributed by atoms with Crippen LogP contribution in [0.25, 0.3) is 10.9 Å². The van der Waals surface area contributed by atoms with Gasteiger partial charge in [-0.05, 0) is 43.3 Å². The quantitative estimate of drug-likeness (QED) is 0.764. The van der Waals surface area contributed by atoms with Crippen molar-refractivity contribution in [3.05, 3.63) is 59.2 Å². The predicted molar refractivity (Wildman–Crippen MR) is 85.1 cm³/mol. The number of aryl methyl sites for hydroxylation is 1. The highest BCUT2D eigenvalue weighted by molar-refractivity contribution is 6.31. The van der Waals surface area contributed by atoms with Crippen LogP contribution >= 0.6 is 11.6 Å². The molecule has 0 bridgehead atoms. The molecular formula is C17H16ClNO2. The molecule has 0 saturated heterocycles. The molecular weight excluding hydrogens is 286 g/mol. The van der Waals surface area contributed by atoms with Crippen molar-refractivity contribution in [2.24, 2.45) is 0 Å². The maximum atomic E-state index is 9.46. The van der Waals surface area contributed by atoms with E-state index in [1.165, 1.54) is 0 Å². The minimum atomic E-state index is 0.204. The molecule has 3 nitrogen and oxygen atoms in total. The van der Waals surface area contributed by atoms with Gasteiger partial charge >= 0.3 is 0 Å². The SMILES string of the molecule is CCn1c(COc2cccc(O)c2)cc2cc(Cl)ccc21. The number of halogens is 1. The molecule has 0 radical (unpaired) electrons. The first-order valence-electron chi connectivity index (χ1n) is 6.87.